The van der Waals surface area contributed by atoms with Crippen molar-refractivity contribution in [3.63, 3.8) is 0 Å². The first-order valence-electron chi connectivity index (χ1n) is 6.65. The molecule has 0 saturated heterocycles. The van der Waals surface area contributed by atoms with Crippen molar-refractivity contribution in [2.75, 3.05) is 12.3 Å². The van der Waals surface area contributed by atoms with Gasteiger partial charge in [0.05, 0.1) is 11.3 Å². The summed E-state index contributed by atoms with van der Waals surface area (Å²) in [5.41, 5.74) is 0.410. The Labute approximate surface area is 118 Å². The van der Waals surface area contributed by atoms with Gasteiger partial charge in [-0.25, -0.2) is 0 Å². The van der Waals surface area contributed by atoms with Gasteiger partial charge in [0.25, 0.3) is 0 Å². The van der Waals surface area contributed by atoms with Crippen LogP contribution in [0.3, 0.4) is 0 Å². The molecule has 5 heteroatoms. The first-order chi connectivity index (χ1) is 9.18. The number of nitrogens with zero attached hydrogens (tertiary/aromatic N) is 1. The van der Waals surface area contributed by atoms with Gasteiger partial charge in [-0.3, -0.25) is 9.78 Å². The maximum Gasteiger partial charge on any atom is 0.220 e. The summed E-state index contributed by atoms with van der Waals surface area (Å²) in [6, 6.07) is 5.85. The second kappa shape index (κ2) is 6.91. The lowest BCUT2D eigenvalue weighted by Gasteiger charge is -2.36. The molecule has 1 heterocycles. The lowest BCUT2D eigenvalue weighted by molar-refractivity contribution is -0.123. The summed E-state index contributed by atoms with van der Waals surface area (Å²) < 4.78 is 0. The molecular formula is C14H20N2O2S. The lowest BCUT2D eigenvalue weighted by Crippen LogP contribution is -2.47. The van der Waals surface area contributed by atoms with E-state index in [0.717, 1.165) is 36.5 Å². The smallest absolute Gasteiger partial charge is 0.220 e. The predicted molar refractivity (Wildman–Crippen MR) is 76.8 cm³/mol. The number of aliphatic hydroxyl groups is 1. The van der Waals surface area contributed by atoms with Crippen LogP contribution in [0.5, 0.6) is 0 Å². The molecule has 1 fully saturated rings. The van der Waals surface area contributed by atoms with Crippen LogP contribution >= 0.6 is 11.8 Å². The van der Waals surface area contributed by atoms with Crippen molar-refractivity contribution >= 4 is 17.7 Å². The van der Waals surface area contributed by atoms with Crippen molar-refractivity contribution < 1.29 is 9.90 Å². The van der Waals surface area contributed by atoms with E-state index in [-0.39, 0.29) is 5.91 Å². The van der Waals surface area contributed by atoms with E-state index in [2.05, 4.69) is 10.3 Å². The largest absolute Gasteiger partial charge is 0.388 e. The first kappa shape index (κ1) is 14.3. The number of nitrogens with one attached hydrogen (secondary N) is 1. The van der Waals surface area contributed by atoms with E-state index in [4.69, 9.17) is 0 Å². The molecule has 1 aromatic rings. The molecule has 0 aromatic carbocycles. The SMILES string of the molecule is O=C(CCSCc1ccccn1)NCC1(O)CCC1. The quantitative estimate of drug-likeness (QED) is 0.747. The summed E-state index contributed by atoms with van der Waals surface area (Å²) in [5.74, 6) is 1.63. The van der Waals surface area contributed by atoms with Gasteiger partial charge in [-0.05, 0) is 31.4 Å². The molecule has 0 radical (unpaired) electrons. The molecule has 104 valence electrons. The minimum atomic E-state index is -0.628. The van der Waals surface area contributed by atoms with Gasteiger partial charge in [-0.2, -0.15) is 11.8 Å². The summed E-state index contributed by atoms with van der Waals surface area (Å²) in [6.07, 6.45) is 4.95. The molecule has 1 aliphatic carbocycles. The van der Waals surface area contributed by atoms with Crippen LogP contribution in [0, 0.1) is 0 Å². The van der Waals surface area contributed by atoms with E-state index in [1.165, 1.54) is 0 Å². The fourth-order valence-corrected chi connectivity index (χ4v) is 2.79. The minimum Gasteiger partial charge on any atom is -0.388 e. The summed E-state index contributed by atoms with van der Waals surface area (Å²) >= 11 is 1.70. The normalized spacial score (nSPS) is 16.7. The molecule has 1 aliphatic rings. The van der Waals surface area contributed by atoms with Crippen LogP contribution in [-0.2, 0) is 10.5 Å². The summed E-state index contributed by atoms with van der Waals surface area (Å²) in [7, 11) is 0. The highest BCUT2D eigenvalue weighted by Gasteiger charge is 2.34. The average Bonchev–Trinajstić information content (AvgIpc) is 2.40. The zero-order valence-corrected chi connectivity index (χ0v) is 11.8. The van der Waals surface area contributed by atoms with Crippen LogP contribution < -0.4 is 5.32 Å². The van der Waals surface area contributed by atoms with Gasteiger partial charge in [0, 0.05) is 30.7 Å². The number of carbonyl (C=O) groups is 1. The van der Waals surface area contributed by atoms with E-state index in [1.54, 1.807) is 18.0 Å². The van der Waals surface area contributed by atoms with Gasteiger partial charge in [-0.15, -0.1) is 0 Å². The van der Waals surface area contributed by atoms with Crippen molar-refractivity contribution in [3.05, 3.63) is 30.1 Å². The molecule has 0 aliphatic heterocycles. The molecule has 0 spiro atoms. The van der Waals surface area contributed by atoms with E-state index in [9.17, 15) is 9.90 Å². The van der Waals surface area contributed by atoms with Gasteiger partial charge in [0.2, 0.25) is 5.91 Å². The number of thioether (sulfide) groups is 1. The van der Waals surface area contributed by atoms with Crippen LogP contribution in [0.15, 0.2) is 24.4 Å². The molecule has 1 saturated carbocycles. The maximum absolute atomic E-state index is 11.6. The van der Waals surface area contributed by atoms with Crippen LogP contribution in [0.2, 0.25) is 0 Å². The number of carbonyl (C=O) groups excluding carboxylic acids is 1. The Bertz CT molecular complexity index is 407. The van der Waals surface area contributed by atoms with E-state index >= 15 is 0 Å². The highest BCUT2D eigenvalue weighted by molar-refractivity contribution is 7.98. The minimum absolute atomic E-state index is 0.0221. The third-order valence-electron chi connectivity index (χ3n) is 3.35. The molecule has 0 bridgehead atoms. The Balaban J connectivity index is 1.54. The first-order valence-corrected chi connectivity index (χ1v) is 7.80. The molecule has 1 aromatic heterocycles. The molecule has 0 atom stereocenters. The Morgan fingerprint density at radius 1 is 1.47 bits per heavy atom. The second-order valence-corrected chi connectivity index (χ2v) is 6.08. The molecule has 4 nitrogen and oxygen atoms in total. The van der Waals surface area contributed by atoms with Crippen molar-refractivity contribution in [1.29, 1.82) is 0 Å². The average molecular weight is 280 g/mol. The van der Waals surface area contributed by atoms with Crippen LogP contribution in [-0.4, -0.2) is 33.9 Å². The fraction of sp³-hybridized carbons (Fsp3) is 0.571. The number of rotatable bonds is 7. The number of hydrogen-bond donors (Lipinski definition) is 2. The lowest BCUT2D eigenvalue weighted by atomic mass is 9.80. The molecule has 1 amide bonds. The van der Waals surface area contributed by atoms with Crippen LogP contribution in [0.1, 0.15) is 31.4 Å². The Kier molecular flexibility index (Phi) is 5.22. The zero-order valence-electron chi connectivity index (χ0n) is 11.0. The predicted octanol–water partition coefficient (Wildman–Crippen LogP) is 1.74. The van der Waals surface area contributed by atoms with E-state index in [1.807, 2.05) is 18.2 Å². The standard InChI is InChI=1S/C14H20N2O2S/c17-13(16-11-14(18)6-3-7-14)5-9-19-10-12-4-1-2-8-15-12/h1-2,4,8,18H,3,5-7,9-11H2,(H,16,17). The molecule has 0 unspecified atom stereocenters. The van der Waals surface area contributed by atoms with Crippen molar-refractivity contribution in [1.82, 2.24) is 10.3 Å². The Morgan fingerprint density at radius 2 is 2.32 bits per heavy atom. The molecule has 19 heavy (non-hydrogen) atoms. The highest BCUT2D eigenvalue weighted by Crippen LogP contribution is 2.30. The van der Waals surface area contributed by atoms with E-state index in [0.29, 0.717) is 13.0 Å². The Morgan fingerprint density at radius 3 is 2.95 bits per heavy atom. The van der Waals surface area contributed by atoms with Gasteiger partial charge in [0.15, 0.2) is 0 Å². The van der Waals surface area contributed by atoms with Crippen LogP contribution in [0.4, 0.5) is 0 Å². The molecule has 2 N–H and O–H groups in total. The van der Waals surface area contributed by atoms with Crippen molar-refractivity contribution in [2.24, 2.45) is 0 Å². The highest BCUT2D eigenvalue weighted by atomic mass is 32.2. The second-order valence-electron chi connectivity index (χ2n) is 4.98. The summed E-state index contributed by atoms with van der Waals surface area (Å²) in [6.45, 7) is 0.400. The van der Waals surface area contributed by atoms with Crippen molar-refractivity contribution in [2.45, 2.75) is 37.0 Å². The monoisotopic (exact) mass is 280 g/mol. The number of pyridine rings is 1. The number of hydrogen-bond acceptors (Lipinski definition) is 4. The zero-order chi connectivity index (χ0) is 13.6. The topological polar surface area (TPSA) is 62.2 Å². The van der Waals surface area contributed by atoms with E-state index < -0.39 is 5.60 Å². The van der Waals surface area contributed by atoms with Crippen LogP contribution in [0.25, 0.3) is 0 Å². The molecule has 2 rings (SSSR count). The number of aromatic nitrogens is 1. The number of amides is 1. The van der Waals surface area contributed by atoms with Gasteiger partial charge in [0.1, 0.15) is 0 Å². The fourth-order valence-electron chi connectivity index (χ4n) is 1.94. The summed E-state index contributed by atoms with van der Waals surface area (Å²) in [4.78, 5) is 15.8. The Hall–Kier alpha value is -1.07. The third kappa shape index (κ3) is 4.84. The maximum atomic E-state index is 11.6. The molecular weight excluding hydrogens is 260 g/mol. The third-order valence-corrected chi connectivity index (χ3v) is 4.34. The van der Waals surface area contributed by atoms with Gasteiger partial charge < -0.3 is 10.4 Å². The van der Waals surface area contributed by atoms with Crippen molar-refractivity contribution in [3.8, 4) is 0 Å². The summed E-state index contributed by atoms with van der Waals surface area (Å²) in [5, 5.41) is 12.7. The van der Waals surface area contributed by atoms with Gasteiger partial charge in [-0.1, -0.05) is 6.07 Å². The van der Waals surface area contributed by atoms with Gasteiger partial charge >= 0.3 is 0 Å².